The highest BCUT2D eigenvalue weighted by molar-refractivity contribution is 6.15. The molecule has 0 aliphatic rings. The van der Waals surface area contributed by atoms with Crippen molar-refractivity contribution >= 4 is 69.7 Å². The fourth-order valence-corrected chi connectivity index (χ4v) is 11.3. The van der Waals surface area contributed by atoms with Gasteiger partial charge in [0.15, 0.2) is 0 Å². The van der Waals surface area contributed by atoms with Gasteiger partial charge in [0.05, 0.1) is 32.0 Å². The van der Waals surface area contributed by atoms with Crippen molar-refractivity contribution in [3.05, 3.63) is 424 Å². The minimum atomic E-state index is -0.962. The van der Waals surface area contributed by atoms with Crippen LogP contribution in [0, 0.1) is 34.0 Å². The molecular formula is C104H99N3O14. The minimum absolute atomic E-state index is 0.0174. The standard InChI is InChI=1S/C42H38O8.C36H34O4.C20H17NO2.2C3H5N/c1-3-47-39(43)37(27-25-35(31-17-9-5-10-18-31)32-19-11-6-12-20-32)41(45)49-29-30-50-42(46)38(40(44)48-4-2)28-26-36(33-21-13-7-14-22-33)34-23-15-8-16-24-34;37-35(25-13-23-33(29-15-5-1-6-16-29)30-17-7-2-8-18-30)39-27-28-40-36(38)26-14-24-34(31-19-9-3-10-20-31)32-21-11-4-12-22-32;1-2-23-20(22)18(15-21)13-14-19(16-9-5-3-6-10-16)17-11-7-4-8-12-17;2*1-2-3-4/h5-28H,3-4,29-30H2,1-2H3;1-12,15-24H,13-14,25-28H2;3-14H,2H2,1H3;2*2H2,1H3/b37-27-,38-28-;;18-13+;;. The van der Waals surface area contributed by atoms with E-state index in [2.05, 4.69) is 60.7 Å². The molecule has 0 saturated heterocycles. The normalized spacial score (nSPS) is 10.3. The Hall–Kier alpha value is -15.1. The van der Waals surface area contributed by atoms with Crippen LogP contribution >= 0.6 is 0 Å². The fraction of sp³-hybridized carbons (Fsp3) is 0.173. The number of hydrogen-bond acceptors (Lipinski definition) is 17. The number of ether oxygens (including phenoxy) is 7. The molecule has 0 radical (unpaired) electrons. The third-order valence-corrected chi connectivity index (χ3v) is 17.0. The summed E-state index contributed by atoms with van der Waals surface area (Å²) in [6, 6.07) is 104. The van der Waals surface area contributed by atoms with E-state index >= 15 is 0 Å². The van der Waals surface area contributed by atoms with Crippen LogP contribution in [-0.2, 0) is 66.7 Å². The van der Waals surface area contributed by atoms with Gasteiger partial charge in [0.2, 0.25) is 0 Å². The monoisotopic (exact) mass is 1610 g/mol. The molecule has 17 heteroatoms. The molecule has 0 saturated carbocycles. The Balaban J connectivity index is 0.000000283. The van der Waals surface area contributed by atoms with E-state index in [0.717, 1.165) is 83.5 Å². The van der Waals surface area contributed by atoms with Gasteiger partial charge < -0.3 is 33.2 Å². The number of hydrogen-bond donors (Lipinski definition) is 0. The summed E-state index contributed by atoms with van der Waals surface area (Å²) in [5, 5.41) is 24.4. The second-order valence-corrected chi connectivity index (χ2v) is 25.5. The fourth-order valence-electron chi connectivity index (χ4n) is 11.3. The second-order valence-electron chi connectivity index (χ2n) is 25.5. The SMILES string of the molecule is CCC#N.CCC#N.CCOC(=O)/C(=C/C=C(c1ccccc1)c1ccccc1)C(=O)OCCOC(=O)/C(=C\C=C(c1ccccc1)c1ccccc1)C(=O)OCC.CCOC(=O)/C(C#N)=C/C=C(c1ccccc1)c1ccccc1.O=C(CCC=C(c1ccccc1)c1ccccc1)OCCOC(=O)CCC=C(c1ccccc1)c1ccccc1. The quantitative estimate of drug-likeness (QED) is 0.00541. The summed E-state index contributed by atoms with van der Waals surface area (Å²) in [6.45, 7) is 8.26. The molecule has 17 nitrogen and oxygen atoms in total. The van der Waals surface area contributed by atoms with Gasteiger partial charge in [-0.1, -0.05) is 348 Å². The third kappa shape index (κ3) is 34.7. The molecule has 10 rings (SSSR count). The van der Waals surface area contributed by atoms with Crippen LogP contribution in [-0.4, -0.2) is 88.0 Å². The number of esters is 7. The second kappa shape index (κ2) is 57.0. The van der Waals surface area contributed by atoms with Crippen LogP contribution in [0.1, 0.15) is 129 Å². The number of carbonyl (C=O) groups is 7. The molecule has 0 aromatic heterocycles. The molecular weight excluding hydrogens is 1520 g/mol. The van der Waals surface area contributed by atoms with Gasteiger partial charge in [-0.15, -0.1) is 0 Å². The highest BCUT2D eigenvalue weighted by Gasteiger charge is 2.24. The molecule has 0 spiro atoms. The number of nitriles is 3. The van der Waals surface area contributed by atoms with Crippen LogP contribution in [0.2, 0.25) is 0 Å². The number of carbonyl (C=O) groups excluding carboxylic acids is 7. The number of nitrogens with zero attached hydrogens (tertiary/aromatic N) is 3. The lowest BCUT2D eigenvalue weighted by Gasteiger charge is -2.11. The van der Waals surface area contributed by atoms with Gasteiger partial charge in [-0.05, 0) is 135 Å². The lowest BCUT2D eigenvalue weighted by atomic mass is 9.96. The maximum absolute atomic E-state index is 13.1. The van der Waals surface area contributed by atoms with E-state index in [-0.39, 0.29) is 87.7 Å². The summed E-state index contributed by atoms with van der Waals surface area (Å²) in [7, 11) is 0. The number of rotatable bonds is 33. The number of benzene rings is 10. The predicted octanol–water partition coefficient (Wildman–Crippen LogP) is 21.2. The van der Waals surface area contributed by atoms with Crippen molar-refractivity contribution in [3.8, 4) is 18.2 Å². The molecule has 0 fully saturated rings. The molecule has 121 heavy (non-hydrogen) atoms. The van der Waals surface area contributed by atoms with Crippen molar-refractivity contribution in [2.45, 2.75) is 73.1 Å². The molecule has 0 unspecified atom stereocenters. The molecule has 10 aromatic rings. The summed E-state index contributed by atoms with van der Waals surface area (Å²) in [4.78, 5) is 88.1. The average molecular weight is 1610 g/mol. The highest BCUT2D eigenvalue weighted by Crippen LogP contribution is 2.30. The maximum Gasteiger partial charge on any atom is 0.348 e. The van der Waals surface area contributed by atoms with Crippen molar-refractivity contribution in [1.29, 1.82) is 15.8 Å². The first-order valence-corrected chi connectivity index (χ1v) is 39.7. The van der Waals surface area contributed by atoms with Crippen LogP contribution in [0.4, 0.5) is 0 Å². The predicted molar refractivity (Wildman–Crippen MR) is 474 cm³/mol. The van der Waals surface area contributed by atoms with Gasteiger partial charge in [0, 0.05) is 25.7 Å². The Morgan fingerprint density at radius 3 is 0.669 bits per heavy atom. The van der Waals surface area contributed by atoms with Gasteiger partial charge in [0.1, 0.15) is 49.2 Å². The van der Waals surface area contributed by atoms with E-state index < -0.39 is 29.8 Å². The van der Waals surface area contributed by atoms with E-state index in [1.807, 2.05) is 287 Å². The first-order valence-electron chi connectivity index (χ1n) is 39.7. The molecule has 0 bridgehead atoms. The Bertz CT molecular complexity index is 4770. The Morgan fingerprint density at radius 1 is 0.256 bits per heavy atom. The van der Waals surface area contributed by atoms with E-state index in [4.69, 9.17) is 48.9 Å². The Labute approximate surface area is 710 Å². The summed E-state index contributed by atoms with van der Waals surface area (Å²) in [5.74, 6) is -4.88. The van der Waals surface area contributed by atoms with Gasteiger partial charge in [0.25, 0.3) is 0 Å². The zero-order valence-corrected chi connectivity index (χ0v) is 68.7. The molecule has 0 atom stereocenters. The topological polar surface area (TPSA) is 255 Å². The Kier molecular flexibility index (Phi) is 44.6. The van der Waals surface area contributed by atoms with Crippen LogP contribution in [0.5, 0.6) is 0 Å². The molecule has 0 amide bonds. The van der Waals surface area contributed by atoms with Crippen LogP contribution in [0.15, 0.2) is 369 Å². The average Bonchev–Trinajstić information content (AvgIpc) is 0.837. The zero-order valence-electron chi connectivity index (χ0n) is 68.7. The summed E-state index contributed by atoms with van der Waals surface area (Å²) in [6.07, 6.45) is 16.3. The summed E-state index contributed by atoms with van der Waals surface area (Å²) < 4.78 is 36.3. The largest absolute Gasteiger partial charge is 0.462 e. The first-order chi connectivity index (χ1) is 59.2. The smallest absolute Gasteiger partial charge is 0.348 e. The van der Waals surface area contributed by atoms with E-state index in [9.17, 15) is 33.6 Å². The summed E-state index contributed by atoms with van der Waals surface area (Å²) in [5.41, 5.74) is 13.9. The van der Waals surface area contributed by atoms with Gasteiger partial charge in [-0.3, -0.25) is 9.59 Å². The highest BCUT2D eigenvalue weighted by atomic mass is 16.6. The van der Waals surface area contributed by atoms with E-state index in [1.54, 1.807) is 39.0 Å². The molecule has 10 aromatic carbocycles. The molecule has 614 valence electrons. The van der Waals surface area contributed by atoms with Gasteiger partial charge in [-0.2, -0.15) is 15.8 Å². The molecule has 0 aliphatic carbocycles. The molecule has 0 aliphatic heterocycles. The lowest BCUT2D eigenvalue weighted by Crippen LogP contribution is -2.22. The van der Waals surface area contributed by atoms with E-state index in [0.29, 0.717) is 25.7 Å². The van der Waals surface area contributed by atoms with Crippen molar-refractivity contribution in [3.63, 3.8) is 0 Å². The lowest BCUT2D eigenvalue weighted by molar-refractivity contribution is -0.153. The van der Waals surface area contributed by atoms with E-state index in [1.165, 1.54) is 18.2 Å². The zero-order chi connectivity index (χ0) is 86.7. The molecule has 0 N–H and O–H groups in total. The van der Waals surface area contributed by atoms with Crippen molar-refractivity contribution in [2.75, 3.05) is 46.2 Å². The van der Waals surface area contributed by atoms with Gasteiger partial charge in [-0.25, -0.2) is 24.0 Å². The van der Waals surface area contributed by atoms with Gasteiger partial charge >= 0.3 is 41.8 Å². The van der Waals surface area contributed by atoms with Crippen LogP contribution in [0.3, 0.4) is 0 Å². The van der Waals surface area contributed by atoms with Crippen molar-refractivity contribution in [1.82, 2.24) is 0 Å². The minimum Gasteiger partial charge on any atom is -0.462 e. The third-order valence-electron chi connectivity index (χ3n) is 17.0. The van der Waals surface area contributed by atoms with Crippen LogP contribution < -0.4 is 0 Å². The Morgan fingerprint density at radius 2 is 0.455 bits per heavy atom. The van der Waals surface area contributed by atoms with Crippen molar-refractivity contribution in [2.24, 2.45) is 0 Å². The maximum atomic E-state index is 13.1. The number of allylic oxidation sites excluding steroid dienone is 8. The van der Waals surface area contributed by atoms with Crippen LogP contribution in [0.25, 0.3) is 27.9 Å². The van der Waals surface area contributed by atoms with Crippen molar-refractivity contribution < 1.29 is 66.7 Å². The summed E-state index contributed by atoms with van der Waals surface area (Å²) >= 11 is 0. The molecule has 0 heterocycles. The first kappa shape index (κ1) is 94.7.